The maximum absolute atomic E-state index is 11.9. The summed E-state index contributed by atoms with van der Waals surface area (Å²) in [7, 11) is 1.98. The van der Waals surface area contributed by atoms with Crippen molar-refractivity contribution < 1.29 is 9.59 Å². The van der Waals surface area contributed by atoms with Crippen molar-refractivity contribution in [1.29, 1.82) is 0 Å². The van der Waals surface area contributed by atoms with Crippen LogP contribution in [-0.4, -0.2) is 49.9 Å². The van der Waals surface area contributed by atoms with E-state index in [0.717, 1.165) is 58.0 Å². The van der Waals surface area contributed by atoms with E-state index in [1.165, 1.54) is 6.08 Å². The predicted molar refractivity (Wildman–Crippen MR) is 156 cm³/mol. The maximum atomic E-state index is 11.9. The second-order valence-electron chi connectivity index (χ2n) is 8.40. The summed E-state index contributed by atoms with van der Waals surface area (Å²) in [4.78, 5) is 25.4. The molecule has 0 aromatic carbocycles. The van der Waals surface area contributed by atoms with Crippen LogP contribution in [0.25, 0.3) is 0 Å². The van der Waals surface area contributed by atoms with E-state index >= 15 is 0 Å². The molecule has 0 fully saturated rings. The van der Waals surface area contributed by atoms with Gasteiger partial charge in [-0.2, -0.15) is 0 Å². The third kappa shape index (κ3) is 25.7. The molecule has 0 unspecified atom stereocenters. The number of rotatable bonds is 21. The fourth-order valence-electron chi connectivity index (χ4n) is 3.02. The van der Waals surface area contributed by atoms with Crippen LogP contribution in [-0.2, 0) is 9.59 Å². The first kappa shape index (κ1) is 33.1. The van der Waals surface area contributed by atoms with Crippen LogP contribution in [0.5, 0.6) is 0 Å². The van der Waals surface area contributed by atoms with Crippen LogP contribution in [0.4, 0.5) is 0 Å². The third-order valence-electron chi connectivity index (χ3n) is 5.06. The second-order valence-corrected chi connectivity index (χ2v) is 8.40. The average Bonchev–Trinajstić information content (AvgIpc) is 2.85. The van der Waals surface area contributed by atoms with E-state index < -0.39 is 0 Å². The molecule has 5 nitrogen and oxygen atoms in total. The number of allylic oxidation sites excluding steroid dienone is 13. The maximum Gasteiger partial charge on any atom is 0.243 e. The lowest BCUT2D eigenvalue weighted by molar-refractivity contribution is -0.121. The van der Waals surface area contributed by atoms with Crippen molar-refractivity contribution >= 4 is 11.8 Å². The highest BCUT2D eigenvalue weighted by Crippen LogP contribution is 1.98. The number of nitrogens with one attached hydrogen (secondary N) is 2. The number of carbonyl (C=O) groups is 2. The van der Waals surface area contributed by atoms with Crippen molar-refractivity contribution in [3.8, 4) is 0 Å². The highest BCUT2D eigenvalue weighted by atomic mass is 16.2. The summed E-state index contributed by atoms with van der Waals surface area (Å²) in [6.45, 7) is 6.68. The summed E-state index contributed by atoms with van der Waals surface area (Å²) in [5, 5.41) is 5.76. The largest absolute Gasteiger partial charge is 0.355 e. The Bertz CT molecular complexity index is 758. The van der Waals surface area contributed by atoms with Crippen molar-refractivity contribution in [3.05, 3.63) is 85.1 Å². The lowest BCUT2D eigenvalue weighted by Gasteiger charge is -2.16. The Morgan fingerprint density at radius 3 is 1.58 bits per heavy atom. The fraction of sp³-hybridized carbons (Fsp3) is 0.484. The summed E-state index contributed by atoms with van der Waals surface area (Å²) >= 11 is 0. The van der Waals surface area contributed by atoms with Crippen molar-refractivity contribution in [2.45, 2.75) is 65.2 Å². The van der Waals surface area contributed by atoms with Crippen molar-refractivity contribution in [3.63, 3.8) is 0 Å². The van der Waals surface area contributed by atoms with Crippen LogP contribution in [0, 0.1) is 0 Å². The average molecular weight is 496 g/mol. The number of nitrogens with zero attached hydrogens (tertiary/aromatic N) is 1. The molecule has 2 N–H and O–H groups in total. The molecular weight excluding hydrogens is 446 g/mol. The molecule has 200 valence electrons. The summed E-state index contributed by atoms with van der Waals surface area (Å²) < 4.78 is 0. The minimum Gasteiger partial charge on any atom is -0.355 e. The Balaban J connectivity index is 3.64. The van der Waals surface area contributed by atoms with Crippen LogP contribution in [0.3, 0.4) is 0 Å². The number of hydrogen-bond donors (Lipinski definition) is 2. The van der Waals surface area contributed by atoms with Gasteiger partial charge in [0.05, 0.1) is 0 Å². The zero-order valence-electron chi connectivity index (χ0n) is 22.8. The smallest absolute Gasteiger partial charge is 0.243 e. The number of hydrogen-bond acceptors (Lipinski definition) is 3. The minimum atomic E-state index is -0.0754. The zero-order valence-corrected chi connectivity index (χ0v) is 22.8. The normalized spacial score (nSPS) is 12.8. The number of likely N-dealkylation sites (N-methyl/N-ethyl adjacent to an activating group) is 1. The van der Waals surface area contributed by atoms with Crippen molar-refractivity contribution in [2.75, 3.05) is 33.2 Å². The molecule has 0 aliphatic rings. The van der Waals surface area contributed by atoms with Gasteiger partial charge in [0.2, 0.25) is 11.8 Å². The Morgan fingerprint density at radius 2 is 1.11 bits per heavy atom. The van der Waals surface area contributed by atoms with E-state index in [4.69, 9.17) is 0 Å². The first-order chi connectivity index (χ1) is 17.6. The van der Waals surface area contributed by atoms with Gasteiger partial charge in [0.1, 0.15) is 0 Å². The Kier molecular flexibility index (Phi) is 24.5. The zero-order chi connectivity index (χ0) is 26.5. The van der Waals surface area contributed by atoms with Gasteiger partial charge in [0.25, 0.3) is 0 Å². The quantitative estimate of drug-likeness (QED) is 0.147. The van der Waals surface area contributed by atoms with E-state index in [2.05, 4.69) is 95.4 Å². The molecule has 0 aromatic heterocycles. The van der Waals surface area contributed by atoms with Gasteiger partial charge in [0, 0.05) is 32.6 Å². The monoisotopic (exact) mass is 495 g/mol. The molecule has 0 bridgehead atoms. The molecule has 0 heterocycles. The van der Waals surface area contributed by atoms with Gasteiger partial charge in [-0.1, -0.05) is 85.9 Å². The lowest BCUT2D eigenvalue weighted by Crippen LogP contribution is -2.37. The molecule has 0 aliphatic carbocycles. The molecule has 36 heavy (non-hydrogen) atoms. The van der Waals surface area contributed by atoms with Gasteiger partial charge >= 0.3 is 0 Å². The predicted octanol–water partition coefficient (Wildman–Crippen LogP) is 6.20. The van der Waals surface area contributed by atoms with Crippen LogP contribution in [0.2, 0.25) is 0 Å². The molecule has 5 heteroatoms. The first-order valence-corrected chi connectivity index (χ1v) is 13.4. The molecule has 0 radical (unpaired) electrons. The first-order valence-electron chi connectivity index (χ1n) is 13.4. The van der Waals surface area contributed by atoms with E-state index in [0.29, 0.717) is 19.5 Å². The van der Waals surface area contributed by atoms with Crippen LogP contribution in [0.15, 0.2) is 85.1 Å². The fourth-order valence-corrected chi connectivity index (χ4v) is 3.02. The highest BCUT2D eigenvalue weighted by molar-refractivity contribution is 5.87. The standard InChI is InChI=1S/C31H49N3O2/c1-4-6-7-8-9-10-11-12-13-14-15-16-17-18-19-20-21-22-23-25-31(36)33-27-29-34(3)28-26-32-30(35)24-5-2/h5-7,9-10,12-13,15-16,18-19,21-22,24H,4,8,11,14,17,20,23,25-29H2,1-3H3,(H,32,35)(H,33,36)/b7-6-,10-9-,13-12-,16-15-,19-18-,22-21-,24-5+. The van der Waals surface area contributed by atoms with Gasteiger partial charge in [-0.15, -0.1) is 0 Å². The van der Waals surface area contributed by atoms with Crippen LogP contribution < -0.4 is 10.6 Å². The molecule has 0 atom stereocenters. The summed E-state index contributed by atoms with van der Waals surface area (Å²) in [6.07, 6.45) is 36.6. The van der Waals surface area contributed by atoms with Crippen LogP contribution >= 0.6 is 0 Å². The van der Waals surface area contributed by atoms with E-state index in [-0.39, 0.29) is 11.8 Å². The van der Waals surface area contributed by atoms with E-state index in [9.17, 15) is 9.59 Å². The Labute approximate surface area is 220 Å². The van der Waals surface area contributed by atoms with Gasteiger partial charge in [0.15, 0.2) is 0 Å². The molecule has 0 aromatic rings. The van der Waals surface area contributed by atoms with Gasteiger partial charge < -0.3 is 15.5 Å². The Hall–Kier alpha value is -2.92. The van der Waals surface area contributed by atoms with E-state index in [1.807, 2.05) is 14.0 Å². The summed E-state index contributed by atoms with van der Waals surface area (Å²) in [5.41, 5.74) is 0. The molecule has 0 spiro atoms. The topological polar surface area (TPSA) is 61.4 Å². The third-order valence-corrected chi connectivity index (χ3v) is 5.06. The molecule has 0 rings (SSSR count). The number of carbonyl (C=O) groups excluding carboxylic acids is 2. The summed E-state index contributed by atoms with van der Waals surface area (Å²) in [6, 6.07) is 0. The van der Waals surface area contributed by atoms with Crippen molar-refractivity contribution in [1.82, 2.24) is 15.5 Å². The SMILES string of the molecule is C/C=C/C(=O)NCCN(C)CCNC(=O)CC/C=C\C/C=C\C/C=C\C/C=C\C/C=C\C/C=C\CC. The van der Waals surface area contributed by atoms with Gasteiger partial charge in [-0.05, 0) is 65.0 Å². The molecule has 2 amide bonds. The van der Waals surface area contributed by atoms with E-state index in [1.54, 1.807) is 6.08 Å². The van der Waals surface area contributed by atoms with Crippen molar-refractivity contribution in [2.24, 2.45) is 0 Å². The minimum absolute atomic E-state index is 0.0734. The lowest BCUT2D eigenvalue weighted by atomic mass is 10.2. The molecule has 0 saturated heterocycles. The van der Waals surface area contributed by atoms with Crippen LogP contribution in [0.1, 0.15) is 65.2 Å². The number of amides is 2. The summed E-state index contributed by atoms with van der Waals surface area (Å²) in [5.74, 6) is -0.00193. The molecular formula is C31H49N3O2. The van der Waals surface area contributed by atoms with Gasteiger partial charge in [-0.25, -0.2) is 0 Å². The van der Waals surface area contributed by atoms with Gasteiger partial charge in [-0.3, -0.25) is 9.59 Å². The second kappa shape index (κ2) is 26.7. The highest BCUT2D eigenvalue weighted by Gasteiger charge is 2.02. The Morgan fingerprint density at radius 1 is 0.667 bits per heavy atom. The molecule has 0 saturated carbocycles. The molecule has 0 aliphatic heterocycles.